The summed E-state index contributed by atoms with van der Waals surface area (Å²) in [6.07, 6.45) is 3.67. The van der Waals surface area contributed by atoms with Crippen molar-refractivity contribution in [3.63, 3.8) is 0 Å². The van der Waals surface area contributed by atoms with Crippen LogP contribution in [-0.4, -0.2) is 19.7 Å². The van der Waals surface area contributed by atoms with Crippen molar-refractivity contribution in [2.45, 2.75) is 30.3 Å². The first-order valence-electron chi connectivity index (χ1n) is 9.63. The number of thioether (sulfide) groups is 1. The van der Waals surface area contributed by atoms with Gasteiger partial charge >= 0.3 is 0 Å². The molecule has 2 aromatic heterocycles. The number of benzene rings is 2. The molecule has 0 radical (unpaired) electrons. The highest BCUT2D eigenvalue weighted by Crippen LogP contribution is 2.31. The van der Waals surface area contributed by atoms with Crippen molar-refractivity contribution in [3.8, 4) is 10.6 Å². The standard InChI is InChI=1S/C23H21ClN4S2/c1-2-14-28-21(13-12-17-8-4-3-5-9-17)26-27-23(28)30-16-18-15-29-22(25-18)19-10-6-7-11-20(19)24/h2-11,15H,1,12-14,16H2. The van der Waals surface area contributed by atoms with E-state index in [4.69, 9.17) is 16.6 Å². The average Bonchev–Trinajstić information content (AvgIpc) is 3.39. The molecule has 0 spiro atoms. The molecule has 0 N–H and O–H groups in total. The van der Waals surface area contributed by atoms with Crippen molar-refractivity contribution in [2.75, 3.05) is 0 Å². The van der Waals surface area contributed by atoms with E-state index in [1.165, 1.54) is 5.56 Å². The van der Waals surface area contributed by atoms with Crippen LogP contribution in [0.5, 0.6) is 0 Å². The summed E-state index contributed by atoms with van der Waals surface area (Å²) in [6.45, 7) is 4.59. The van der Waals surface area contributed by atoms with Crippen LogP contribution in [0.3, 0.4) is 0 Å². The summed E-state index contributed by atoms with van der Waals surface area (Å²) >= 11 is 9.56. The number of rotatable bonds is 9. The molecule has 0 fully saturated rings. The third-order valence-electron chi connectivity index (χ3n) is 4.59. The minimum Gasteiger partial charge on any atom is -0.302 e. The molecule has 7 heteroatoms. The second-order valence-electron chi connectivity index (χ2n) is 6.70. The van der Waals surface area contributed by atoms with E-state index in [9.17, 15) is 0 Å². The van der Waals surface area contributed by atoms with Crippen molar-refractivity contribution in [3.05, 3.63) is 94.7 Å². The Labute approximate surface area is 189 Å². The Kier molecular flexibility index (Phi) is 7.00. The topological polar surface area (TPSA) is 43.6 Å². The number of halogens is 1. The van der Waals surface area contributed by atoms with Crippen LogP contribution in [-0.2, 0) is 25.1 Å². The van der Waals surface area contributed by atoms with Crippen LogP contribution in [0.2, 0.25) is 5.02 Å². The molecular formula is C23H21ClN4S2. The molecule has 0 saturated carbocycles. The highest BCUT2D eigenvalue weighted by molar-refractivity contribution is 7.98. The molecule has 2 heterocycles. The SMILES string of the molecule is C=CCn1c(CCc2ccccc2)nnc1SCc1csc(-c2ccccc2Cl)n1. The zero-order chi connectivity index (χ0) is 20.8. The minimum atomic E-state index is 0.696. The maximum atomic E-state index is 6.30. The van der Waals surface area contributed by atoms with Crippen LogP contribution in [0.25, 0.3) is 10.6 Å². The van der Waals surface area contributed by atoms with Gasteiger partial charge in [0.25, 0.3) is 0 Å². The summed E-state index contributed by atoms with van der Waals surface area (Å²) < 4.78 is 2.14. The fourth-order valence-electron chi connectivity index (χ4n) is 3.09. The molecular weight excluding hydrogens is 432 g/mol. The molecule has 4 rings (SSSR count). The first kappa shape index (κ1) is 20.8. The lowest BCUT2D eigenvalue weighted by atomic mass is 10.1. The van der Waals surface area contributed by atoms with E-state index in [0.29, 0.717) is 6.54 Å². The molecule has 0 amide bonds. The number of thiazole rings is 1. The van der Waals surface area contributed by atoms with Crippen LogP contribution < -0.4 is 0 Å². The predicted molar refractivity (Wildman–Crippen MR) is 126 cm³/mol. The quantitative estimate of drug-likeness (QED) is 0.220. The van der Waals surface area contributed by atoms with Gasteiger partial charge in [-0.25, -0.2) is 4.98 Å². The van der Waals surface area contributed by atoms with Gasteiger partial charge in [-0.15, -0.1) is 28.1 Å². The van der Waals surface area contributed by atoms with E-state index in [1.54, 1.807) is 23.1 Å². The van der Waals surface area contributed by atoms with Crippen molar-refractivity contribution in [1.29, 1.82) is 0 Å². The van der Waals surface area contributed by atoms with Gasteiger partial charge in [0.1, 0.15) is 10.8 Å². The van der Waals surface area contributed by atoms with Crippen molar-refractivity contribution < 1.29 is 0 Å². The number of hydrogen-bond donors (Lipinski definition) is 0. The smallest absolute Gasteiger partial charge is 0.191 e. The lowest BCUT2D eigenvalue weighted by molar-refractivity contribution is 0.673. The highest BCUT2D eigenvalue weighted by Gasteiger charge is 2.14. The van der Waals surface area contributed by atoms with Crippen molar-refractivity contribution >= 4 is 34.7 Å². The van der Waals surface area contributed by atoms with Gasteiger partial charge in [0.2, 0.25) is 0 Å². The van der Waals surface area contributed by atoms with E-state index < -0.39 is 0 Å². The van der Waals surface area contributed by atoms with Crippen LogP contribution >= 0.6 is 34.7 Å². The maximum Gasteiger partial charge on any atom is 0.191 e. The first-order chi connectivity index (χ1) is 14.7. The molecule has 0 saturated heterocycles. The Morgan fingerprint density at radius 1 is 1.03 bits per heavy atom. The second kappa shape index (κ2) is 10.1. The van der Waals surface area contributed by atoms with Gasteiger partial charge in [-0.1, -0.05) is 78.0 Å². The second-order valence-corrected chi connectivity index (χ2v) is 8.90. The van der Waals surface area contributed by atoms with E-state index in [-0.39, 0.29) is 0 Å². The Morgan fingerprint density at radius 3 is 2.63 bits per heavy atom. The van der Waals surface area contributed by atoms with Crippen LogP contribution in [0.4, 0.5) is 0 Å². The summed E-state index contributed by atoms with van der Waals surface area (Å²) in [5, 5.41) is 13.5. The normalized spacial score (nSPS) is 11.0. The Bertz CT molecular complexity index is 1120. The van der Waals surface area contributed by atoms with E-state index in [1.807, 2.05) is 36.4 Å². The van der Waals surface area contributed by atoms with Gasteiger partial charge in [-0.05, 0) is 18.1 Å². The van der Waals surface area contributed by atoms with Gasteiger partial charge in [-0.2, -0.15) is 0 Å². The minimum absolute atomic E-state index is 0.696. The Hall–Kier alpha value is -2.41. The molecule has 0 atom stereocenters. The monoisotopic (exact) mass is 452 g/mol. The molecule has 0 aliphatic carbocycles. The summed E-state index contributed by atoms with van der Waals surface area (Å²) in [5.41, 5.74) is 3.28. The first-order valence-corrected chi connectivity index (χ1v) is 11.9. The lowest BCUT2D eigenvalue weighted by Gasteiger charge is -2.07. The van der Waals surface area contributed by atoms with Crippen LogP contribution in [0.15, 0.2) is 77.8 Å². The number of aromatic nitrogens is 4. The predicted octanol–water partition coefficient (Wildman–Crippen LogP) is 6.32. The molecule has 2 aromatic carbocycles. The third-order valence-corrected chi connectivity index (χ3v) is 6.84. The Balaban J connectivity index is 1.44. The summed E-state index contributed by atoms with van der Waals surface area (Å²) in [5.74, 6) is 1.71. The molecule has 4 nitrogen and oxygen atoms in total. The molecule has 0 unspecified atom stereocenters. The zero-order valence-electron chi connectivity index (χ0n) is 16.4. The number of nitrogens with zero attached hydrogens (tertiary/aromatic N) is 4. The molecule has 0 bridgehead atoms. The van der Waals surface area contributed by atoms with E-state index in [2.05, 4.69) is 51.0 Å². The van der Waals surface area contributed by atoms with Gasteiger partial charge in [0.05, 0.1) is 10.7 Å². The summed E-state index contributed by atoms with van der Waals surface area (Å²) in [4.78, 5) is 4.75. The number of aryl methyl sites for hydroxylation is 2. The van der Waals surface area contributed by atoms with Crippen LogP contribution in [0, 0.1) is 0 Å². The van der Waals surface area contributed by atoms with E-state index >= 15 is 0 Å². The van der Waals surface area contributed by atoms with Gasteiger partial charge in [-0.3, -0.25) is 0 Å². The molecule has 30 heavy (non-hydrogen) atoms. The fraction of sp³-hybridized carbons (Fsp3) is 0.174. The average molecular weight is 453 g/mol. The zero-order valence-corrected chi connectivity index (χ0v) is 18.8. The number of allylic oxidation sites excluding steroid dienone is 1. The summed E-state index contributed by atoms with van der Waals surface area (Å²) in [6, 6.07) is 18.2. The Morgan fingerprint density at radius 2 is 1.83 bits per heavy atom. The molecule has 152 valence electrons. The van der Waals surface area contributed by atoms with Gasteiger partial charge in [0, 0.05) is 29.7 Å². The molecule has 4 aromatic rings. The van der Waals surface area contributed by atoms with Gasteiger partial charge < -0.3 is 4.57 Å². The molecule has 0 aliphatic heterocycles. The summed E-state index contributed by atoms with van der Waals surface area (Å²) in [7, 11) is 0. The fourth-order valence-corrected chi connectivity index (χ4v) is 5.20. The van der Waals surface area contributed by atoms with Crippen molar-refractivity contribution in [2.24, 2.45) is 0 Å². The molecule has 0 aliphatic rings. The number of hydrogen-bond acceptors (Lipinski definition) is 5. The largest absolute Gasteiger partial charge is 0.302 e. The lowest BCUT2D eigenvalue weighted by Crippen LogP contribution is -2.05. The van der Waals surface area contributed by atoms with Gasteiger partial charge in [0.15, 0.2) is 5.16 Å². The van der Waals surface area contributed by atoms with Crippen LogP contribution in [0.1, 0.15) is 17.1 Å². The van der Waals surface area contributed by atoms with Crippen molar-refractivity contribution in [1.82, 2.24) is 19.7 Å². The highest BCUT2D eigenvalue weighted by atomic mass is 35.5. The third kappa shape index (κ3) is 5.01. The maximum absolute atomic E-state index is 6.30. The van der Waals surface area contributed by atoms with E-state index in [0.717, 1.165) is 50.9 Å².